The van der Waals surface area contributed by atoms with Crippen molar-refractivity contribution >= 4 is 52.1 Å². The fraction of sp³-hybridized carbons (Fsp3) is 0.692. The van der Waals surface area contributed by atoms with Gasteiger partial charge >= 0.3 is 0 Å². The van der Waals surface area contributed by atoms with Crippen LogP contribution in [0.5, 0.6) is 0 Å². The lowest BCUT2D eigenvalue weighted by atomic mass is 10.0. The van der Waals surface area contributed by atoms with Gasteiger partial charge in [0.15, 0.2) is 0 Å². The smallest absolute Gasteiger partial charge is 0.0701 e. The Morgan fingerprint density at radius 3 is 2.37 bits per heavy atom. The lowest BCUT2D eigenvalue weighted by Crippen LogP contribution is -2.45. The normalized spacial score (nSPS) is 17.7. The minimum atomic E-state index is 0. The van der Waals surface area contributed by atoms with Crippen molar-refractivity contribution in [1.29, 1.82) is 0 Å². The van der Waals surface area contributed by atoms with Crippen LogP contribution in [0.15, 0.2) is 15.9 Å². The zero-order valence-electron chi connectivity index (χ0n) is 11.4. The first-order chi connectivity index (χ1) is 8.16. The number of thiophene rings is 1. The van der Waals surface area contributed by atoms with E-state index in [9.17, 15) is 0 Å². The second-order valence-electron chi connectivity index (χ2n) is 5.07. The second-order valence-corrected chi connectivity index (χ2v) is 7.57. The zero-order chi connectivity index (χ0) is 12.3. The molecule has 0 spiro atoms. The summed E-state index contributed by atoms with van der Waals surface area (Å²) in [6, 6.07) is 5.06. The molecule has 112 valence electrons. The van der Waals surface area contributed by atoms with E-state index in [2.05, 4.69) is 52.1 Å². The SMILES string of the molecule is CC(C)C[C@H](c1ccc(Br)s1)N1CCNCC1.Cl.Cl. The topological polar surface area (TPSA) is 15.3 Å². The van der Waals surface area contributed by atoms with Crippen LogP contribution in [-0.2, 0) is 0 Å². The first kappa shape index (κ1) is 19.7. The van der Waals surface area contributed by atoms with E-state index >= 15 is 0 Å². The predicted octanol–water partition coefficient (Wildman–Crippen LogP) is 4.35. The predicted molar refractivity (Wildman–Crippen MR) is 93.2 cm³/mol. The Bertz CT molecular complexity index is 354. The monoisotopic (exact) mass is 388 g/mol. The number of nitrogens with zero attached hydrogens (tertiary/aromatic N) is 1. The molecule has 0 bridgehead atoms. The molecule has 6 heteroatoms. The van der Waals surface area contributed by atoms with Crippen molar-refractivity contribution < 1.29 is 0 Å². The van der Waals surface area contributed by atoms with Crippen LogP contribution in [0, 0.1) is 5.92 Å². The summed E-state index contributed by atoms with van der Waals surface area (Å²) in [6.45, 7) is 9.23. The van der Waals surface area contributed by atoms with E-state index in [0.717, 1.165) is 19.0 Å². The highest BCUT2D eigenvalue weighted by atomic mass is 79.9. The third-order valence-corrected chi connectivity index (χ3v) is 4.93. The molecule has 1 N–H and O–H groups in total. The molecule has 0 aromatic carbocycles. The van der Waals surface area contributed by atoms with E-state index in [1.54, 1.807) is 0 Å². The summed E-state index contributed by atoms with van der Waals surface area (Å²) in [6.07, 6.45) is 1.26. The molecular weight excluding hydrogens is 367 g/mol. The Kier molecular flexibility index (Phi) is 9.93. The summed E-state index contributed by atoms with van der Waals surface area (Å²) in [5, 5.41) is 3.43. The third kappa shape index (κ3) is 5.90. The molecule has 1 fully saturated rings. The Balaban J connectivity index is 0.00000162. The molecule has 0 aliphatic carbocycles. The molecular formula is C13H23BrCl2N2S. The Morgan fingerprint density at radius 1 is 1.26 bits per heavy atom. The Morgan fingerprint density at radius 2 is 1.89 bits per heavy atom. The molecule has 2 rings (SSSR count). The van der Waals surface area contributed by atoms with Gasteiger partial charge in [0, 0.05) is 37.1 Å². The van der Waals surface area contributed by atoms with Crippen LogP contribution in [0.2, 0.25) is 0 Å². The van der Waals surface area contributed by atoms with Gasteiger partial charge in [-0.15, -0.1) is 36.2 Å². The maximum absolute atomic E-state index is 3.58. The quantitative estimate of drug-likeness (QED) is 0.823. The summed E-state index contributed by atoms with van der Waals surface area (Å²) in [4.78, 5) is 4.14. The van der Waals surface area contributed by atoms with E-state index < -0.39 is 0 Å². The Hall–Kier alpha value is 0.680. The Labute approximate surface area is 141 Å². The van der Waals surface area contributed by atoms with Gasteiger partial charge in [0.2, 0.25) is 0 Å². The molecule has 2 nitrogen and oxygen atoms in total. The van der Waals surface area contributed by atoms with Crippen LogP contribution in [0.1, 0.15) is 31.2 Å². The van der Waals surface area contributed by atoms with Crippen LogP contribution in [-0.4, -0.2) is 31.1 Å². The van der Waals surface area contributed by atoms with Gasteiger partial charge in [-0.05, 0) is 40.4 Å². The van der Waals surface area contributed by atoms with Crippen molar-refractivity contribution in [3.05, 3.63) is 20.8 Å². The van der Waals surface area contributed by atoms with Gasteiger partial charge in [-0.2, -0.15) is 0 Å². The van der Waals surface area contributed by atoms with E-state index in [0.29, 0.717) is 6.04 Å². The minimum absolute atomic E-state index is 0. The average Bonchev–Trinajstić information content (AvgIpc) is 2.73. The summed E-state index contributed by atoms with van der Waals surface area (Å²) in [7, 11) is 0. The van der Waals surface area contributed by atoms with Crippen molar-refractivity contribution in [3.8, 4) is 0 Å². The van der Waals surface area contributed by atoms with Crippen LogP contribution in [0.25, 0.3) is 0 Å². The summed E-state index contributed by atoms with van der Waals surface area (Å²) in [5.41, 5.74) is 0. The first-order valence-corrected chi connectivity index (χ1v) is 7.98. The van der Waals surface area contributed by atoms with E-state index in [1.165, 1.54) is 28.2 Å². The molecule has 2 heterocycles. The molecule has 0 unspecified atom stereocenters. The van der Waals surface area contributed by atoms with Crippen LogP contribution < -0.4 is 5.32 Å². The van der Waals surface area contributed by atoms with Crippen LogP contribution in [0.4, 0.5) is 0 Å². The molecule has 1 aromatic heterocycles. The molecule has 1 atom stereocenters. The molecule has 1 aliphatic rings. The van der Waals surface area contributed by atoms with Crippen molar-refractivity contribution in [2.75, 3.05) is 26.2 Å². The van der Waals surface area contributed by atoms with E-state index in [-0.39, 0.29) is 24.8 Å². The molecule has 0 amide bonds. The molecule has 0 saturated carbocycles. The van der Waals surface area contributed by atoms with Gasteiger partial charge in [0.1, 0.15) is 0 Å². The number of halogens is 3. The van der Waals surface area contributed by atoms with Crippen molar-refractivity contribution in [3.63, 3.8) is 0 Å². The number of rotatable bonds is 4. The summed E-state index contributed by atoms with van der Waals surface area (Å²) < 4.78 is 1.25. The van der Waals surface area contributed by atoms with E-state index in [4.69, 9.17) is 0 Å². The van der Waals surface area contributed by atoms with Gasteiger partial charge in [-0.25, -0.2) is 0 Å². The fourth-order valence-corrected chi connectivity index (χ4v) is 3.96. The molecule has 19 heavy (non-hydrogen) atoms. The zero-order valence-corrected chi connectivity index (χ0v) is 15.4. The molecule has 1 aliphatic heterocycles. The average molecular weight is 390 g/mol. The lowest BCUT2D eigenvalue weighted by molar-refractivity contribution is 0.156. The number of hydrogen-bond donors (Lipinski definition) is 1. The highest BCUT2D eigenvalue weighted by Crippen LogP contribution is 2.34. The van der Waals surface area contributed by atoms with Crippen LogP contribution >= 0.6 is 52.1 Å². The fourth-order valence-electron chi connectivity index (χ4n) is 2.39. The summed E-state index contributed by atoms with van der Waals surface area (Å²) in [5.74, 6) is 0.746. The van der Waals surface area contributed by atoms with Gasteiger partial charge in [-0.1, -0.05) is 13.8 Å². The summed E-state index contributed by atoms with van der Waals surface area (Å²) >= 11 is 5.46. The highest BCUT2D eigenvalue weighted by Gasteiger charge is 2.24. The third-order valence-electron chi connectivity index (χ3n) is 3.21. The van der Waals surface area contributed by atoms with Gasteiger partial charge in [0.25, 0.3) is 0 Å². The highest BCUT2D eigenvalue weighted by molar-refractivity contribution is 9.11. The molecule has 1 saturated heterocycles. The standard InChI is InChI=1S/C13H21BrN2S.2ClH/c1-10(2)9-11(12-3-4-13(14)17-12)16-7-5-15-6-8-16;;/h3-4,10-11,15H,5-9H2,1-2H3;2*1H/t11-;;/m1../s1. The number of nitrogens with one attached hydrogen (secondary N) is 1. The van der Waals surface area contributed by atoms with E-state index in [1.807, 2.05) is 11.3 Å². The molecule has 1 aromatic rings. The lowest BCUT2D eigenvalue weighted by Gasteiger charge is -2.35. The van der Waals surface area contributed by atoms with Gasteiger partial charge in [0.05, 0.1) is 3.79 Å². The van der Waals surface area contributed by atoms with Crippen molar-refractivity contribution in [2.45, 2.75) is 26.3 Å². The van der Waals surface area contributed by atoms with Gasteiger partial charge < -0.3 is 5.32 Å². The number of hydrogen-bond acceptors (Lipinski definition) is 3. The van der Waals surface area contributed by atoms with Crippen molar-refractivity contribution in [1.82, 2.24) is 10.2 Å². The maximum Gasteiger partial charge on any atom is 0.0701 e. The minimum Gasteiger partial charge on any atom is -0.314 e. The number of piperazine rings is 1. The van der Waals surface area contributed by atoms with Gasteiger partial charge in [-0.3, -0.25) is 4.90 Å². The van der Waals surface area contributed by atoms with Crippen LogP contribution in [0.3, 0.4) is 0 Å². The van der Waals surface area contributed by atoms with Crippen molar-refractivity contribution in [2.24, 2.45) is 5.92 Å². The second kappa shape index (κ2) is 9.59. The first-order valence-electron chi connectivity index (χ1n) is 6.37. The maximum atomic E-state index is 3.58. The molecule has 0 radical (unpaired) electrons. The largest absolute Gasteiger partial charge is 0.314 e.